The molecule has 4 saturated carbocycles. The molecule has 4 aliphatic carbocycles. The van der Waals surface area contributed by atoms with Gasteiger partial charge in [0.15, 0.2) is 0 Å². The first-order chi connectivity index (χ1) is 9.06. The van der Waals surface area contributed by atoms with Gasteiger partial charge >= 0.3 is 0 Å². The monoisotopic (exact) mass is 258 g/mol. The van der Waals surface area contributed by atoms with E-state index in [1.165, 1.54) is 44.1 Å². The molecule has 0 radical (unpaired) electrons. The van der Waals surface area contributed by atoms with Crippen molar-refractivity contribution in [2.24, 2.45) is 24.8 Å². The summed E-state index contributed by atoms with van der Waals surface area (Å²) in [5.74, 6) is 3.31. The van der Waals surface area contributed by atoms with E-state index in [0.29, 0.717) is 5.82 Å². The van der Waals surface area contributed by atoms with E-state index in [1.807, 2.05) is 6.07 Å². The van der Waals surface area contributed by atoms with Crippen molar-refractivity contribution in [3.8, 4) is 0 Å². The van der Waals surface area contributed by atoms with Gasteiger partial charge < -0.3 is 5.73 Å². The quantitative estimate of drug-likeness (QED) is 0.841. The van der Waals surface area contributed by atoms with Crippen LogP contribution in [0.1, 0.15) is 44.1 Å². The van der Waals surface area contributed by atoms with Gasteiger partial charge in [-0.25, -0.2) is 0 Å². The summed E-state index contributed by atoms with van der Waals surface area (Å²) < 4.78 is 1.55. The van der Waals surface area contributed by atoms with Gasteiger partial charge in [-0.05, 0) is 73.3 Å². The van der Waals surface area contributed by atoms with Gasteiger partial charge in [-0.1, -0.05) is 0 Å². The molecule has 0 saturated heterocycles. The first-order valence-corrected chi connectivity index (χ1v) is 7.53. The van der Waals surface area contributed by atoms with Crippen LogP contribution in [0.5, 0.6) is 0 Å². The van der Waals surface area contributed by atoms with Gasteiger partial charge in [-0.15, -0.1) is 0 Å². The van der Waals surface area contributed by atoms with Gasteiger partial charge in [0.1, 0.15) is 5.82 Å². The average molecular weight is 258 g/mol. The highest BCUT2D eigenvalue weighted by Gasteiger charge is 2.51. The standard InChI is InChI=1S/C16H22N2O/c1-18-14(17)5-13(6-15(18)19)16-7-10-2-11(8-16)4-12(3-10)9-16/h5-6,10-12H,2-4,7-9,17H2,1H3. The maximum atomic E-state index is 12.0. The third-order valence-electron chi connectivity index (χ3n) is 5.95. The lowest BCUT2D eigenvalue weighted by Gasteiger charge is -2.57. The van der Waals surface area contributed by atoms with Gasteiger partial charge in [0.25, 0.3) is 5.56 Å². The van der Waals surface area contributed by atoms with E-state index < -0.39 is 0 Å². The van der Waals surface area contributed by atoms with Crippen molar-refractivity contribution in [3.63, 3.8) is 0 Å². The molecule has 0 aromatic carbocycles. The Morgan fingerprint density at radius 1 is 1.11 bits per heavy atom. The number of nitrogens with zero attached hydrogens (tertiary/aromatic N) is 1. The lowest BCUT2D eigenvalue weighted by molar-refractivity contribution is -0.00526. The van der Waals surface area contributed by atoms with Gasteiger partial charge in [0.05, 0.1) is 0 Å². The van der Waals surface area contributed by atoms with Crippen molar-refractivity contribution in [2.75, 3.05) is 5.73 Å². The van der Waals surface area contributed by atoms with Crippen molar-refractivity contribution < 1.29 is 0 Å². The van der Waals surface area contributed by atoms with Gasteiger partial charge in [0.2, 0.25) is 0 Å². The van der Waals surface area contributed by atoms with Gasteiger partial charge in [-0.2, -0.15) is 0 Å². The second kappa shape index (κ2) is 3.65. The molecule has 5 rings (SSSR count). The van der Waals surface area contributed by atoms with E-state index in [2.05, 4.69) is 6.07 Å². The SMILES string of the molecule is Cn1c(N)cc(C23CC4CC(CC(C4)C2)C3)cc1=O. The smallest absolute Gasteiger partial charge is 0.252 e. The lowest BCUT2D eigenvalue weighted by Crippen LogP contribution is -2.49. The average Bonchev–Trinajstić information content (AvgIpc) is 2.33. The Balaban J connectivity index is 1.82. The van der Waals surface area contributed by atoms with Gasteiger partial charge in [0, 0.05) is 13.1 Å². The summed E-state index contributed by atoms with van der Waals surface area (Å²) in [5.41, 5.74) is 7.55. The normalized spacial score (nSPS) is 39.7. The van der Waals surface area contributed by atoms with Crippen molar-refractivity contribution >= 4 is 5.82 Å². The van der Waals surface area contributed by atoms with E-state index >= 15 is 0 Å². The van der Waals surface area contributed by atoms with E-state index in [9.17, 15) is 4.79 Å². The van der Waals surface area contributed by atoms with Crippen LogP contribution < -0.4 is 11.3 Å². The molecule has 0 spiro atoms. The zero-order valence-electron chi connectivity index (χ0n) is 11.6. The van der Waals surface area contributed by atoms with Crippen LogP contribution >= 0.6 is 0 Å². The fraction of sp³-hybridized carbons (Fsp3) is 0.688. The number of anilines is 1. The van der Waals surface area contributed by atoms with Crippen molar-refractivity contribution in [3.05, 3.63) is 28.0 Å². The van der Waals surface area contributed by atoms with Crippen LogP contribution in [0.15, 0.2) is 16.9 Å². The number of hydrogen-bond acceptors (Lipinski definition) is 2. The molecule has 4 bridgehead atoms. The Morgan fingerprint density at radius 2 is 1.63 bits per heavy atom. The first-order valence-electron chi connectivity index (χ1n) is 7.53. The third-order valence-corrected chi connectivity index (χ3v) is 5.95. The predicted octanol–water partition coefficient (Wildman–Crippen LogP) is 2.44. The van der Waals surface area contributed by atoms with Gasteiger partial charge in [-0.3, -0.25) is 9.36 Å². The van der Waals surface area contributed by atoms with Crippen molar-refractivity contribution in [2.45, 2.75) is 43.9 Å². The molecule has 1 aromatic heterocycles. The van der Waals surface area contributed by atoms with Crippen LogP contribution in [-0.2, 0) is 12.5 Å². The second-order valence-electron chi connectivity index (χ2n) is 7.26. The Kier molecular flexibility index (Phi) is 2.22. The molecule has 4 aliphatic rings. The van der Waals surface area contributed by atoms with E-state index in [4.69, 9.17) is 5.73 Å². The molecule has 0 amide bonds. The van der Waals surface area contributed by atoms with Crippen LogP contribution in [0.2, 0.25) is 0 Å². The topological polar surface area (TPSA) is 48.0 Å². The molecule has 0 unspecified atom stereocenters. The third kappa shape index (κ3) is 1.60. The van der Waals surface area contributed by atoms with Crippen LogP contribution in [0.4, 0.5) is 5.82 Å². The minimum atomic E-state index is 0.0470. The first kappa shape index (κ1) is 11.6. The zero-order valence-corrected chi connectivity index (χ0v) is 11.6. The summed E-state index contributed by atoms with van der Waals surface area (Å²) in [6.45, 7) is 0. The number of pyridine rings is 1. The fourth-order valence-corrected chi connectivity index (χ4v) is 5.43. The number of nitrogens with two attached hydrogens (primary N) is 1. The second-order valence-corrected chi connectivity index (χ2v) is 7.26. The zero-order chi connectivity index (χ0) is 13.2. The predicted molar refractivity (Wildman–Crippen MR) is 75.9 cm³/mol. The van der Waals surface area contributed by atoms with E-state index in [-0.39, 0.29) is 11.0 Å². The molecule has 0 aliphatic heterocycles. The Morgan fingerprint density at radius 3 is 2.11 bits per heavy atom. The van der Waals surface area contributed by atoms with Crippen molar-refractivity contribution in [1.29, 1.82) is 0 Å². The van der Waals surface area contributed by atoms with Crippen LogP contribution in [0.25, 0.3) is 0 Å². The minimum Gasteiger partial charge on any atom is -0.385 e. The summed E-state index contributed by atoms with van der Waals surface area (Å²) in [6.07, 6.45) is 8.14. The fourth-order valence-electron chi connectivity index (χ4n) is 5.43. The van der Waals surface area contributed by atoms with Crippen molar-refractivity contribution in [1.82, 2.24) is 4.57 Å². The highest BCUT2D eigenvalue weighted by Crippen LogP contribution is 2.60. The summed E-state index contributed by atoms with van der Waals surface area (Å²) in [4.78, 5) is 12.0. The number of rotatable bonds is 1. The van der Waals surface area contributed by atoms with Crippen LogP contribution in [-0.4, -0.2) is 4.57 Å². The lowest BCUT2D eigenvalue weighted by atomic mass is 9.48. The molecule has 2 N–H and O–H groups in total. The molecule has 1 aromatic rings. The Bertz CT molecular complexity index is 552. The Labute approximate surface area is 113 Å². The summed E-state index contributed by atoms with van der Waals surface area (Å²) in [6, 6.07) is 3.91. The van der Waals surface area contributed by atoms with E-state index in [0.717, 1.165) is 17.8 Å². The van der Waals surface area contributed by atoms with E-state index in [1.54, 1.807) is 11.6 Å². The number of aromatic nitrogens is 1. The molecule has 4 fully saturated rings. The molecule has 3 nitrogen and oxygen atoms in total. The highest BCUT2D eigenvalue weighted by molar-refractivity contribution is 5.39. The van der Waals surface area contributed by atoms with Crippen LogP contribution in [0.3, 0.4) is 0 Å². The maximum absolute atomic E-state index is 12.0. The summed E-state index contributed by atoms with van der Waals surface area (Å²) in [7, 11) is 1.75. The molecule has 19 heavy (non-hydrogen) atoms. The molecule has 1 heterocycles. The molecular formula is C16H22N2O. The summed E-state index contributed by atoms with van der Waals surface area (Å²) >= 11 is 0. The number of nitrogen functional groups attached to an aromatic ring is 1. The van der Waals surface area contributed by atoms with Crippen LogP contribution in [0, 0.1) is 17.8 Å². The molecule has 0 atom stereocenters. The highest BCUT2D eigenvalue weighted by atomic mass is 16.1. The Hall–Kier alpha value is -1.25. The largest absolute Gasteiger partial charge is 0.385 e. The molecule has 3 heteroatoms. The minimum absolute atomic E-state index is 0.0470. The summed E-state index contributed by atoms with van der Waals surface area (Å²) in [5, 5.41) is 0. The number of hydrogen-bond donors (Lipinski definition) is 1. The molecular weight excluding hydrogens is 236 g/mol. The molecule has 102 valence electrons. The maximum Gasteiger partial charge on any atom is 0.252 e.